The Morgan fingerprint density at radius 3 is 2.68 bits per heavy atom. The van der Waals surface area contributed by atoms with Crippen molar-refractivity contribution in [2.75, 3.05) is 11.4 Å². The molecule has 5 nitrogen and oxygen atoms in total. The van der Waals surface area contributed by atoms with E-state index >= 15 is 0 Å². The van der Waals surface area contributed by atoms with E-state index in [0.29, 0.717) is 31.5 Å². The van der Waals surface area contributed by atoms with Crippen molar-refractivity contribution in [2.45, 2.75) is 38.5 Å². The molecule has 2 heterocycles. The number of benzene rings is 1. The fourth-order valence-corrected chi connectivity index (χ4v) is 4.65. The number of nitrogens with zero attached hydrogens (tertiary/aromatic N) is 3. The lowest BCUT2D eigenvalue weighted by atomic mass is 9.67. The van der Waals surface area contributed by atoms with Crippen LogP contribution in [0.15, 0.2) is 36.8 Å². The van der Waals surface area contributed by atoms with Gasteiger partial charge in [-0.15, -0.1) is 0 Å². The zero-order chi connectivity index (χ0) is 19.7. The highest BCUT2D eigenvalue weighted by atomic mass is 19.1. The van der Waals surface area contributed by atoms with Crippen molar-refractivity contribution in [1.29, 1.82) is 0 Å². The summed E-state index contributed by atoms with van der Waals surface area (Å²) in [4.78, 5) is 35.1. The third-order valence-corrected chi connectivity index (χ3v) is 5.94. The van der Waals surface area contributed by atoms with Gasteiger partial charge in [-0.3, -0.25) is 14.6 Å². The number of aromatic nitrogens is 2. The van der Waals surface area contributed by atoms with Crippen LogP contribution in [0.3, 0.4) is 0 Å². The van der Waals surface area contributed by atoms with Crippen molar-refractivity contribution in [2.24, 2.45) is 11.3 Å². The quantitative estimate of drug-likeness (QED) is 0.748. The summed E-state index contributed by atoms with van der Waals surface area (Å²) in [7, 11) is 0. The lowest BCUT2D eigenvalue weighted by Crippen LogP contribution is -2.38. The number of carbonyl (C=O) groups excluding carboxylic acids is 2. The minimum absolute atomic E-state index is 0.0651. The maximum atomic E-state index is 13.6. The van der Waals surface area contributed by atoms with Crippen LogP contribution in [0.2, 0.25) is 0 Å². The second-order valence-electron chi connectivity index (χ2n) is 7.80. The van der Waals surface area contributed by atoms with Crippen LogP contribution in [0.25, 0.3) is 0 Å². The molecule has 0 radical (unpaired) electrons. The Labute approximate surface area is 161 Å². The van der Waals surface area contributed by atoms with Crippen LogP contribution >= 0.6 is 0 Å². The van der Waals surface area contributed by atoms with E-state index in [4.69, 9.17) is 0 Å². The van der Waals surface area contributed by atoms with E-state index < -0.39 is 17.0 Å². The number of anilines is 1. The molecule has 1 spiro atoms. The van der Waals surface area contributed by atoms with Gasteiger partial charge in [0, 0.05) is 37.1 Å². The van der Waals surface area contributed by atoms with E-state index in [9.17, 15) is 18.4 Å². The largest absolute Gasteiger partial charge is 0.312 e. The summed E-state index contributed by atoms with van der Waals surface area (Å²) in [5.41, 5.74) is 0.0582. The maximum Gasteiger partial charge on any atom is 0.233 e. The van der Waals surface area contributed by atoms with Gasteiger partial charge >= 0.3 is 0 Å². The maximum absolute atomic E-state index is 13.6. The Morgan fingerprint density at radius 1 is 1.18 bits per heavy atom. The van der Waals surface area contributed by atoms with Crippen LogP contribution in [0, 0.1) is 23.0 Å². The van der Waals surface area contributed by atoms with Crippen LogP contribution < -0.4 is 4.90 Å². The Kier molecular flexibility index (Phi) is 4.91. The van der Waals surface area contributed by atoms with Crippen LogP contribution in [0.1, 0.15) is 49.0 Å². The summed E-state index contributed by atoms with van der Waals surface area (Å²) in [6.45, 7) is 0.437. The van der Waals surface area contributed by atoms with Crippen LogP contribution in [-0.2, 0) is 4.79 Å². The first-order valence-electron chi connectivity index (χ1n) is 9.54. The minimum Gasteiger partial charge on any atom is -0.312 e. The van der Waals surface area contributed by atoms with Crippen molar-refractivity contribution in [3.63, 3.8) is 0 Å². The molecule has 1 aromatic carbocycles. The monoisotopic (exact) mass is 385 g/mol. The number of hydrogen-bond acceptors (Lipinski definition) is 4. The second kappa shape index (κ2) is 7.37. The first-order valence-corrected chi connectivity index (χ1v) is 9.54. The highest BCUT2D eigenvalue weighted by Gasteiger charge is 2.49. The molecule has 28 heavy (non-hydrogen) atoms. The molecule has 146 valence electrons. The number of amides is 1. The first-order chi connectivity index (χ1) is 13.5. The van der Waals surface area contributed by atoms with Crippen LogP contribution in [0.5, 0.6) is 0 Å². The van der Waals surface area contributed by atoms with E-state index in [1.165, 1.54) is 35.6 Å². The van der Waals surface area contributed by atoms with Gasteiger partial charge in [0.25, 0.3) is 0 Å². The van der Waals surface area contributed by atoms with Crippen molar-refractivity contribution >= 4 is 17.4 Å². The fraction of sp³-hybridized carbons (Fsp3) is 0.429. The molecule has 2 atom stereocenters. The smallest absolute Gasteiger partial charge is 0.233 e. The van der Waals surface area contributed by atoms with Gasteiger partial charge in [-0.05, 0) is 43.7 Å². The molecule has 4 rings (SSSR count). The van der Waals surface area contributed by atoms with Gasteiger partial charge in [-0.1, -0.05) is 6.42 Å². The Balaban J connectivity index is 1.49. The summed E-state index contributed by atoms with van der Waals surface area (Å²) < 4.78 is 27.2. The molecular formula is C21H21F2N3O2. The Hall–Kier alpha value is -2.70. The van der Waals surface area contributed by atoms with Crippen molar-refractivity contribution in [3.05, 3.63) is 54.1 Å². The molecule has 1 aliphatic heterocycles. The predicted octanol–water partition coefficient (Wildman–Crippen LogP) is 3.94. The third kappa shape index (κ3) is 3.53. The summed E-state index contributed by atoms with van der Waals surface area (Å²) >= 11 is 0. The first kappa shape index (κ1) is 18.7. The number of ketones is 1. The summed E-state index contributed by atoms with van der Waals surface area (Å²) in [6, 6.07) is 3.18. The molecule has 1 aromatic heterocycles. The second-order valence-corrected chi connectivity index (χ2v) is 7.80. The number of halogens is 2. The average Bonchev–Trinajstić information content (AvgIpc) is 2.97. The van der Waals surface area contributed by atoms with E-state index in [1.807, 2.05) is 0 Å². The number of carbonyl (C=O) groups is 2. The average molecular weight is 385 g/mol. The summed E-state index contributed by atoms with van der Waals surface area (Å²) in [5, 5.41) is 0. The minimum atomic E-state index is -0.695. The van der Waals surface area contributed by atoms with Crippen LogP contribution in [0.4, 0.5) is 14.5 Å². The molecule has 2 aromatic rings. The Morgan fingerprint density at radius 2 is 1.96 bits per heavy atom. The van der Waals surface area contributed by atoms with Gasteiger partial charge in [0.05, 0.1) is 11.6 Å². The van der Waals surface area contributed by atoms with Gasteiger partial charge < -0.3 is 4.90 Å². The highest BCUT2D eigenvalue weighted by molar-refractivity contribution is 6.00. The normalized spacial score (nSPS) is 24.7. The van der Waals surface area contributed by atoms with Gasteiger partial charge in [0.2, 0.25) is 5.91 Å². The lowest BCUT2D eigenvalue weighted by molar-refractivity contribution is -0.128. The van der Waals surface area contributed by atoms with Gasteiger partial charge in [-0.25, -0.2) is 13.8 Å². The summed E-state index contributed by atoms with van der Waals surface area (Å²) in [5.74, 6) is -1.45. The fourth-order valence-electron chi connectivity index (χ4n) is 4.65. The van der Waals surface area contributed by atoms with E-state index in [0.717, 1.165) is 25.3 Å². The Bertz CT molecular complexity index is 886. The topological polar surface area (TPSA) is 63.2 Å². The van der Waals surface area contributed by atoms with Gasteiger partial charge in [-0.2, -0.15) is 0 Å². The molecule has 1 amide bonds. The van der Waals surface area contributed by atoms with E-state index in [-0.39, 0.29) is 23.3 Å². The zero-order valence-electron chi connectivity index (χ0n) is 15.4. The van der Waals surface area contributed by atoms with Crippen LogP contribution in [-0.4, -0.2) is 28.2 Å². The molecule has 1 saturated heterocycles. The van der Waals surface area contributed by atoms with Gasteiger partial charge in [0.15, 0.2) is 5.78 Å². The predicted molar refractivity (Wildman–Crippen MR) is 98.7 cm³/mol. The number of rotatable bonds is 4. The SMILES string of the molecule is O=C(C[C@H]1CCC[C@]2(CCN(c3cc(F)cc(F)c3)C2=O)C1)c1cnccn1. The van der Waals surface area contributed by atoms with Crippen molar-refractivity contribution < 1.29 is 18.4 Å². The van der Waals surface area contributed by atoms with Gasteiger partial charge in [0.1, 0.15) is 17.3 Å². The zero-order valence-corrected chi connectivity index (χ0v) is 15.4. The third-order valence-electron chi connectivity index (χ3n) is 5.94. The number of Topliss-reactive ketones (excluding diaryl/α,β-unsaturated/α-hetero) is 1. The standard InChI is InChI=1S/C21H21F2N3O2/c22-15-9-16(23)11-17(10-15)26-7-4-21(20(26)28)3-1-2-14(12-21)8-19(27)18-13-24-5-6-25-18/h5-6,9-11,13-14H,1-4,7-8,12H2/t14-,21+/m1/s1. The lowest BCUT2D eigenvalue weighted by Gasteiger charge is -2.36. The molecule has 7 heteroatoms. The van der Waals surface area contributed by atoms with E-state index in [1.54, 1.807) is 0 Å². The number of hydrogen-bond donors (Lipinski definition) is 0. The van der Waals surface area contributed by atoms with E-state index in [2.05, 4.69) is 9.97 Å². The summed E-state index contributed by atoms with van der Waals surface area (Å²) in [6.07, 6.45) is 8.55. The molecule has 0 N–H and O–H groups in total. The molecular weight excluding hydrogens is 364 g/mol. The molecule has 1 aliphatic carbocycles. The molecule has 1 saturated carbocycles. The van der Waals surface area contributed by atoms with Crippen molar-refractivity contribution in [3.8, 4) is 0 Å². The molecule has 0 bridgehead atoms. The van der Waals surface area contributed by atoms with Crippen molar-refractivity contribution in [1.82, 2.24) is 9.97 Å². The molecule has 2 fully saturated rings. The highest BCUT2D eigenvalue weighted by Crippen LogP contribution is 2.48. The molecule has 2 aliphatic rings. The molecule has 0 unspecified atom stereocenters.